The highest BCUT2D eigenvalue weighted by Crippen LogP contribution is 2.29. The molecule has 0 saturated carbocycles. The van der Waals surface area contributed by atoms with Gasteiger partial charge in [-0.3, -0.25) is 4.79 Å². The van der Waals surface area contributed by atoms with Crippen LogP contribution in [0, 0.1) is 3.70 Å². The fourth-order valence-electron chi connectivity index (χ4n) is 0.973. The number of methoxy groups -OCH3 is 1. The molecule has 0 radical (unpaired) electrons. The van der Waals surface area contributed by atoms with E-state index in [-0.39, 0.29) is 15.0 Å². The molecule has 0 aliphatic carbocycles. The lowest BCUT2D eigenvalue weighted by Crippen LogP contribution is -2.03. The van der Waals surface area contributed by atoms with Crippen molar-refractivity contribution in [2.24, 2.45) is 0 Å². The lowest BCUT2D eigenvalue weighted by molar-refractivity contribution is 0.107. The van der Waals surface area contributed by atoms with Crippen molar-refractivity contribution in [2.75, 3.05) is 7.11 Å². The highest BCUT2D eigenvalue weighted by Gasteiger charge is 2.20. The molecule has 0 saturated heterocycles. The van der Waals surface area contributed by atoms with Gasteiger partial charge in [-0.2, -0.15) is 0 Å². The second-order valence-electron chi connectivity index (χ2n) is 2.49. The summed E-state index contributed by atoms with van der Waals surface area (Å²) in [5.41, 5.74) is -0.599. The molecule has 3 nitrogen and oxygen atoms in total. The number of nitrogens with zero attached hydrogens (tertiary/aromatic N) is 1. The van der Waals surface area contributed by atoms with Gasteiger partial charge in [0.15, 0.2) is 5.75 Å². The molecule has 0 aliphatic heterocycles. The Morgan fingerprint density at radius 2 is 2.27 bits per heavy atom. The van der Waals surface area contributed by atoms with Gasteiger partial charge < -0.3 is 4.74 Å². The molecule has 0 atom stereocenters. The number of pyridine rings is 1. The molecular weight excluding hydrogens is 342 g/mol. The summed E-state index contributed by atoms with van der Waals surface area (Å²) in [6.45, 7) is 0. The molecule has 0 fully saturated rings. The Kier molecular flexibility index (Phi) is 4.21. The number of halogens is 4. The number of hydrogen-bond donors (Lipinski definition) is 0. The predicted octanol–water partition coefficient (Wildman–Crippen LogP) is 3.01. The lowest BCUT2D eigenvalue weighted by Gasteiger charge is -2.08. The molecule has 0 bridgehead atoms. The summed E-state index contributed by atoms with van der Waals surface area (Å²) in [5, 5.41) is -0.853. The van der Waals surface area contributed by atoms with Gasteiger partial charge >= 0.3 is 0 Å². The molecule has 1 aromatic rings. The largest absolute Gasteiger partial charge is 0.493 e. The van der Waals surface area contributed by atoms with Crippen LogP contribution in [0.4, 0.5) is 8.78 Å². The summed E-state index contributed by atoms with van der Waals surface area (Å²) < 4.78 is 29.8. The number of carbonyl (C=O) groups is 1. The molecule has 1 heterocycles. The summed E-state index contributed by atoms with van der Waals surface area (Å²) in [6, 6.07) is 0.932. The highest BCUT2D eigenvalue weighted by molar-refractivity contribution is 14.1. The third-order valence-electron chi connectivity index (χ3n) is 1.59. The van der Waals surface area contributed by atoms with Crippen LogP contribution < -0.4 is 4.74 Å². The Morgan fingerprint density at radius 3 is 2.67 bits per heavy atom. The Labute approximate surface area is 103 Å². The summed E-state index contributed by atoms with van der Waals surface area (Å²) in [4.78, 5) is 14.5. The van der Waals surface area contributed by atoms with Crippen molar-refractivity contribution in [1.29, 1.82) is 0 Å². The van der Waals surface area contributed by atoms with E-state index in [0.29, 0.717) is 0 Å². The Morgan fingerprint density at radius 1 is 1.67 bits per heavy atom. The normalized spacial score (nSPS) is 10.5. The molecule has 15 heavy (non-hydrogen) atoms. The van der Waals surface area contributed by atoms with Crippen LogP contribution in [0.3, 0.4) is 0 Å². The van der Waals surface area contributed by atoms with Gasteiger partial charge in [0.05, 0.1) is 12.7 Å². The maximum atomic E-state index is 12.4. The Balaban J connectivity index is 3.38. The van der Waals surface area contributed by atoms with Crippen molar-refractivity contribution in [2.45, 2.75) is 6.43 Å². The average molecular weight is 347 g/mol. The van der Waals surface area contributed by atoms with Gasteiger partial charge in [0.1, 0.15) is 9.39 Å². The minimum atomic E-state index is -2.75. The first kappa shape index (κ1) is 12.6. The lowest BCUT2D eigenvalue weighted by atomic mass is 10.2. The zero-order chi connectivity index (χ0) is 11.6. The van der Waals surface area contributed by atoms with Crippen molar-refractivity contribution in [3.8, 4) is 5.75 Å². The maximum Gasteiger partial charge on any atom is 0.280 e. The summed E-state index contributed by atoms with van der Waals surface area (Å²) in [6.07, 6.45) is -2.75. The first-order valence-electron chi connectivity index (χ1n) is 3.69. The molecule has 1 rings (SSSR count). The van der Waals surface area contributed by atoms with Gasteiger partial charge in [0, 0.05) is 0 Å². The van der Waals surface area contributed by atoms with Gasteiger partial charge in [-0.1, -0.05) is 0 Å². The second kappa shape index (κ2) is 5.02. The van der Waals surface area contributed by atoms with Crippen LogP contribution in [0.2, 0.25) is 0 Å². The Hall–Kier alpha value is -0.500. The number of carbonyl (C=O) groups excluding carboxylic acids is 1. The standard InChI is InChI=1S/C8H5ClF2INO2/c1-15-5-3(6(9)14)2-4(7(10)11)13-8(5)12/h2,7H,1H3. The van der Waals surface area contributed by atoms with E-state index in [9.17, 15) is 13.6 Å². The molecule has 0 aromatic carbocycles. The fraction of sp³-hybridized carbons (Fsp3) is 0.250. The van der Waals surface area contributed by atoms with Gasteiger partial charge in [-0.25, -0.2) is 13.8 Å². The van der Waals surface area contributed by atoms with Gasteiger partial charge in [0.2, 0.25) is 0 Å². The minimum absolute atomic E-state index is 0.103. The zero-order valence-corrected chi connectivity index (χ0v) is 10.3. The van der Waals surface area contributed by atoms with E-state index in [0.717, 1.165) is 6.07 Å². The van der Waals surface area contributed by atoms with Crippen molar-refractivity contribution < 1.29 is 18.3 Å². The SMILES string of the molecule is COc1c(C(=O)Cl)cc(C(F)F)nc1I. The minimum Gasteiger partial charge on any atom is -0.493 e. The number of rotatable bonds is 3. The van der Waals surface area contributed by atoms with Gasteiger partial charge in [-0.15, -0.1) is 0 Å². The maximum absolute atomic E-state index is 12.4. The van der Waals surface area contributed by atoms with Gasteiger partial charge in [-0.05, 0) is 40.3 Å². The van der Waals surface area contributed by atoms with E-state index in [2.05, 4.69) is 4.98 Å². The zero-order valence-electron chi connectivity index (χ0n) is 7.43. The predicted molar refractivity (Wildman–Crippen MR) is 58.6 cm³/mol. The van der Waals surface area contributed by atoms with Crippen molar-refractivity contribution in [3.63, 3.8) is 0 Å². The smallest absolute Gasteiger partial charge is 0.280 e. The first-order chi connectivity index (χ1) is 6.97. The summed E-state index contributed by atoms with van der Waals surface area (Å²) >= 11 is 6.94. The van der Waals surface area contributed by atoms with Crippen molar-refractivity contribution in [3.05, 3.63) is 21.0 Å². The third-order valence-corrected chi connectivity index (χ3v) is 2.53. The molecule has 1 aromatic heterocycles. The van der Waals surface area contributed by atoms with Crippen LogP contribution in [-0.4, -0.2) is 17.3 Å². The van der Waals surface area contributed by atoms with Crippen LogP contribution in [-0.2, 0) is 0 Å². The van der Waals surface area contributed by atoms with Crippen LogP contribution in [0.15, 0.2) is 6.07 Å². The fourth-order valence-corrected chi connectivity index (χ4v) is 1.90. The van der Waals surface area contributed by atoms with E-state index in [1.165, 1.54) is 7.11 Å². The van der Waals surface area contributed by atoms with E-state index >= 15 is 0 Å². The molecule has 7 heteroatoms. The topological polar surface area (TPSA) is 39.2 Å². The molecule has 0 N–H and O–H groups in total. The third kappa shape index (κ3) is 2.75. The first-order valence-corrected chi connectivity index (χ1v) is 5.15. The number of alkyl halides is 2. The molecule has 82 valence electrons. The van der Waals surface area contributed by atoms with Crippen molar-refractivity contribution in [1.82, 2.24) is 4.98 Å². The molecule has 0 spiro atoms. The quantitative estimate of drug-likeness (QED) is 0.479. The monoisotopic (exact) mass is 347 g/mol. The Bertz CT molecular complexity index is 400. The highest BCUT2D eigenvalue weighted by atomic mass is 127. The number of aromatic nitrogens is 1. The van der Waals surface area contributed by atoms with Crippen LogP contribution >= 0.6 is 34.2 Å². The van der Waals surface area contributed by atoms with Crippen LogP contribution in [0.25, 0.3) is 0 Å². The molecular formula is C8H5ClF2INO2. The molecule has 0 amide bonds. The van der Waals surface area contributed by atoms with E-state index < -0.39 is 17.4 Å². The molecule has 0 unspecified atom stereocenters. The second-order valence-corrected chi connectivity index (χ2v) is 3.86. The van der Waals surface area contributed by atoms with Crippen molar-refractivity contribution >= 4 is 39.4 Å². The number of ether oxygens (including phenoxy) is 1. The number of hydrogen-bond acceptors (Lipinski definition) is 3. The van der Waals surface area contributed by atoms with E-state index in [1.807, 2.05) is 0 Å². The average Bonchev–Trinajstić information content (AvgIpc) is 2.16. The van der Waals surface area contributed by atoms with Crippen LogP contribution in [0.5, 0.6) is 5.75 Å². The summed E-state index contributed by atoms with van der Waals surface area (Å²) in [7, 11) is 1.31. The van der Waals surface area contributed by atoms with Crippen LogP contribution in [0.1, 0.15) is 22.5 Å². The summed E-state index contributed by atoms with van der Waals surface area (Å²) in [5.74, 6) is 0.111. The van der Waals surface area contributed by atoms with E-state index in [1.54, 1.807) is 22.6 Å². The van der Waals surface area contributed by atoms with E-state index in [4.69, 9.17) is 16.3 Å². The van der Waals surface area contributed by atoms with Gasteiger partial charge in [0.25, 0.3) is 11.7 Å². The molecule has 0 aliphatic rings.